The van der Waals surface area contributed by atoms with Gasteiger partial charge in [-0.2, -0.15) is 13.2 Å². The summed E-state index contributed by atoms with van der Waals surface area (Å²) in [5.74, 6) is -0.855. The average Bonchev–Trinajstić information content (AvgIpc) is 2.62. The summed E-state index contributed by atoms with van der Waals surface area (Å²) in [4.78, 5) is 27.0. The van der Waals surface area contributed by atoms with E-state index in [0.717, 1.165) is 24.1 Å². The second-order valence-electron chi connectivity index (χ2n) is 6.24. The van der Waals surface area contributed by atoms with Gasteiger partial charge in [-0.25, -0.2) is 0 Å². The molecule has 1 aliphatic heterocycles. The molecule has 0 radical (unpaired) electrons. The van der Waals surface area contributed by atoms with Crippen LogP contribution in [0.5, 0.6) is 0 Å². The Balaban J connectivity index is 1.89. The predicted octanol–water partition coefficient (Wildman–Crippen LogP) is 1.90. The van der Waals surface area contributed by atoms with E-state index in [2.05, 4.69) is 10.2 Å². The molecule has 0 saturated carbocycles. The van der Waals surface area contributed by atoms with E-state index in [0.29, 0.717) is 26.3 Å². The maximum absolute atomic E-state index is 13.2. The Labute approximate surface area is 156 Å². The number of morpholine rings is 1. The monoisotopic (exact) mass is 387 g/mol. The summed E-state index contributed by atoms with van der Waals surface area (Å²) >= 11 is 0. The molecule has 0 atom stereocenters. The zero-order valence-corrected chi connectivity index (χ0v) is 15.2. The van der Waals surface area contributed by atoms with Crippen LogP contribution in [0.15, 0.2) is 24.3 Å². The molecule has 1 fully saturated rings. The van der Waals surface area contributed by atoms with Crippen LogP contribution in [0.1, 0.15) is 18.9 Å². The van der Waals surface area contributed by atoms with Crippen LogP contribution in [0, 0.1) is 0 Å². The molecule has 150 valence electrons. The number of amides is 2. The maximum atomic E-state index is 13.2. The predicted molar refractivity (Wildman–Crippen MR) is 94.4 cm³/mol. The molecule has 0 aliphatic carbocycles. The molecule has 2 amide bonds. The first-order valence-corrected chi connectivity index (χ1v) is 8.80. The van der Waals surface area contributed by atoms with Crippen LogP contribution in [-0.2, 0) is 20.5 Å². The van der Waals surface area contributed by atoms with Gasteiger partial charge in [-0.05, 0) is 12.1 Å². The van der Waals surface area contributed by atoms with Crippen molar-refractivity contribution in [2.45, 2.75) is 19.5 Å². The Kier molecular flexibility index (Phi) is 7.61. The number of para-hydroxylation sites is 1. The topological polar surface area (TPSA) is 61.9 Å². The molecule has 27 heavy (non-hydrogen) atoms. The highest BCUT2D eigenvalue weighted by Gasteiger charge is 2.35. The van der Waals surface area contributed by atoms with E-state index in [1.54, 1.807) is 0 Å². The third-order valence-corrected chi connectivity index (χ3v) is 4.30. The van der Waals surface area contributed by atoms with Gasteiger partial charge in [0.15, 0.2) is 0 Å². The number of ether oxygens (including phenoxy) is 1. The molecule has 2 rings (SSSR count). The third-order valence-electron chi connectivity index (χ3n) is 4.30. The normalized spacial score (nSPS) is 15.4. The Morgan fingerprint density at radius 1 is 1.22 bits per heavy atom. The minimum absolute atomic E-state index is 0.0745. The van der Waals surface area contributed by atoms with Gasteiger partial charge in [0.25, 0.3) is 0 Å². The highest BCUT2D eigenvalue weighted by Crippen LogP contribution is 2.36. The lowest BCUT2D eigenvalue weighted by Crippen LogP contribution is -2.42. The minimum atomic E-state index is -4.58. The van der Waals surface area contributed by atoms with E-state index in [1.165, 1.54) is 25.1 Å². The van der Waals surface area contributed by atoms with Crippen molar-refractivity contribution in [2.75, 3.05) is 50.8 Å². The number of carbonyl (C=O) groups is 2. The quantitative estimate of drug-likeness (QED) is 0.776. The molecule has 1 heterocycles. The van der Waals surface area contributed by atoms with Crippen molar-refractivity contribution in [3.05, 3.63) is 29.8 Å². The van der Waals surface area contributed by atoms with E-state index < -0.39 is 17.6 Å². The Hall–Kier alpha value is -2.13. The molecular formula is C18H24F3N3O3. The molecule has 0 bridgehead atoms. The number of alkyl halides is 3. The van der Waals surface area contributed by atoms with Crippen molar-refractivity contribution in [1.29, 1.82) is 0 Å². The molecule has 1 aromatic carbocycles. The summed E-state index contributed by atoms with van der Waals surface area (Å²) in [6, 6.07) is 4.86. The first-order chi connectivity index (χ1) is 12.8. The van der Waals surface area contributed by atoms with Crippen molar-refractivity contribution in [3.8, 4) is 0 Å². The molecule has 0 spiro atoms. The second kappa shape index (κ2) is 9.70. The van der Waals surface area contributed by atoms with Gasteiger partial charge in [0, 0.05) is 46.1 Å². The minimum Gasteiger partial charge on any atom is -0.379 e. The van der Waals surface area contributed by atoms with Crippen LogP contribution in [0.2, 0.25) is 0 Å². The second-order valence-corrected chi connectivity index (χ2v) is 6.24. The third kappa shape index (κ3) is 6.51. The van der Waals surface area contributed by atoms with E-state index in [1.807, 2.05) is 0 Å². The smallest absolute Gasteiger partial charge is 0.379 e. The van der Waals surface area contributed by atoms with Crippen molar-refractivity contribution < 1.29 is 27.5 Å². The highest BCUT2D eigenvalue weighted by molar-refractivity contribution is 5.93. The number of benzene rings is 1. The number of nitrogens with zero attached hydrogens (tertiary/aromatic N) is 2. The summed E-state index contributed by atoms with van der Waals surface area (Å²) in [5.41, 5.74) is -1.13. The standard InChI is InChI=1S/C18H24F3N3O3/c1-14(25)24(16-5-3-2-4-15(16)18(19,20)21)8-6-17(26)22-7-9-23-10-12-27-13-11-23/h2-5H,6-13H2,1H3,(H,22,26). The molecular weight excluding hydrogens is 363 g/mol. The molecule has 9 heteroatoms. The van der Waals surface area contributed by atoms with Crippen LogP contribution in [0.25, 0.3) is 0 Å². The fourth-order valence-corrected chi connectivity index (χ4v) is 2.88. The van der Waals surface area contributed by atoms with E-state index in [-0.39, 0.29) is 24.6 Å². The van der Waals surface area contributed by atoms with Gasteiger partial charge in [-0.1, -0.05) is 12.1 Å². The fraction of sp³-hybridized carbons (Fsp3) is 0.556. The highest BCUT2D eigenvalue weighted by atomic mass is 19.4. The van der Waals surface area contributed by atoms with E-state index in [4.69, 9.17) is 4.74 Å². The number of rotatable bonds is 7. The zero-order chi connectivity index (χ0) is 19.9. The first kappa shape index (κ1) is 21.2. The molecule has 1 aliphatic rings. The molecule has 1 aromatic rings. The lowest BCUT2D eigenvalue weighted by Gasteiger charge is -2.26. The molecule has 1 N–H and O–H groups in total. The van der Waals surface area contributed by atoms with Gasteiger partial charge in [0.1, 0.15) is 0 Å². The summed E-state index contributed by atoms with van der Waals surface area (Å²) in [7, 11) is 0. The van der Waals surface area contributed by atoms with Gasteiger partial charge in [0.05, 0.1) is 24.5 Å². The van der Waals surface area contributed by atoms with Crippen LogP contribution >= 0.6 is 0 Å². The van der Waals surface area contributed by atoms with Crippen LogP contribution < -0.4 is 10.2 Å². The van der Waals surface area contributed by atoms with Crippen molar-refractivity contribution in [2.24, 2.45) is 0 Å². The molecule has 1 saturated heterocycles. The van der Waals surface area contributed by atoms with E-state index in [9.17, 15) is 22.8 Å². The average molecular weight is 387 g/mol. The van der Waals surface area contributed by atoms with Gasteiger partial charge in [0.2, 0.25) is 11.8 Å². The lowest BCUT2D eigenvalue weighted by atomic mass is 10.1. The van der Waals surface area contributed by atoms with Gasteiger partial charge >= 0.3 is 6.18 Å². The largest absolute Gasteiger partial charge is 0.418 e. The SMILES string of the molecule is CC(=O)N(CCC(=O)NCCN1CCOCC1)c1ccccc1C(F)(F)F. The number of hydrogen-bond acceptors (Lipinski definition) is 4. The number of anilines is 1. The van der Waals surface area contributed by atoms with Gasteiger partial charge in [-0.15, -0.1) is 0 Å². The Bertz CT molecular complexity index is 646. The molecule has 0 unspecified atom stereocenters. The molecule has 6 nitrogen and oxygen atoms in total. The number of carbonyl (C=O) groups excluding carboxylic acids is 2. The lowest BCUT2D eigenvalue weighted by molar-refractivity contribution is -0.137. The van der Waals surface area contributed by atoms with Gasteiger partial charge in [-0.3, -0.25) is 14.5 Å². The van der Waals surface area contributed by atoms with Crippen molar-refractivity contribution >= 4 is 17.5 Å². The first-order valence-electron chi connectivity index (χ1n) is 8.80. The van der Waals surface area contributed by atoms with Crippen molar-refractivity contribution in [3.63, 3.8) is 0 Å². The van der Waals surface area contributed by atoms with Crippen LogP contribution in [0.4, 0.5) is 18.9 Å². The number of nitrogens with one attached hydrogen (secondary N) is 1. The number of hydrogen-bond donors (Lipinski definition) is 1. The van der Waals surface area contributed by atoms with Crippen LogP contribution in [-0.4, -0.2) is 62.7 Å². The van der Waals surface area contributed by atoms with E-state index >= 15 is 0 Å². The summed E-state index contributed by atoms with van der Waals surface area (Å²) in [5, 5.41) is 2.74. The zero-order valence-electron chi connectivity index (χ0n) is 15.2. The fourth-order valence-electron chi connectivity index (χ4n) is 2.88. The summed E-state index contributed by atoms with van der Waals surface area (Å²) in [6.45, 7) is 5.14. The summed E-state index contributed by atoms with van der Waals surface area (Å²) in [6.07, 6.45) is -4.65. The van der Waals surface area contributed by atoms with Crippen molar-refractivity contribution in [1.82, 2.24) is 10.2 Å². The summed E-state index contributed by atoms with van der Waals surface area (Å²) < 4.78 is 44.8. The maximum Gasteiger partial charge on any atom is 0.418 e. The Morgan fingerprint density at radius 2 is 1.89 bits per heavy atom. The molecule has 0 aromatic heterocycles. The number of halogens is 3. The Morgan fingerprint density at radius 3 is 2.52 bits per heavy atom. The van der Waals surface area contributed by atoms with Crippen LogP contribution in [0.3, 0.4) is 0 Å². The van der Waals surface area contributed by atoms with Gasteiger partial charge < -0.3 is 15.0 Å².